The first-order chi connectivity index (χ1) is 8.97. The molecule has 19 heavy (non-hydrogen) atoms. The van der Waals surface area contributed by atoms with Gasteiger partial charge in [-0.25, -0.2) is 9.78 Å². The Morgan fingerprint density at radius 1 is 1.53 bits per heavy atom. The average molecular weight is 302 g/mol. The predicted molar refractivity (Wildman–Crippen MR) is 78.2 cm³/mol. The molecule has 0 fully saturated rings. The number of amides is 3. The van der Waals surface area contributed by atoms with Gasteiger partial charge in [-0.15, -0.1) is 11.8 Å². The summed E-state index contributed by atoms with van der Waals surface area (Å²) >= 11 is 2.62. The first-order valence-corrected chi connectivity index (χ1v) is 7.69. The SMILES string of the molecule is CC(C)CCNC(=O)NC(=O)CSc1cnc(N)s1. The van der Waals surface area contributed by atoms with Crippen LogP contribution in [0, 0.1) is 5.92 Å². The summed E-state index contributed by atoms with van der Waals surface area (Å²) in [5, 5.41) is 5.38. The number of imide groups is 1. The van der Waals surface area contributed by atoms with Crippen molar-refractivity contribution in [3.8, 4) is 0 Å². The van der Waals surface area contributed by atoms with E-state index in [4.69, 9.17) is 5.73 Å². The van der Waals surface area contributed by atoms with Gasteiger partial charge in [0.25, 0.3) is 0 Å². The molecule has 6 nitrogen and oxygen atoms in total. The molecular weight excluding hydrogens is 284 g/mol. The molecule has 106 valence electrons. The van der Waals surface area contributed by atoms with Gasteiger partial charge in [0.15, 0.2) is 5.13 Å². The number of anilines is 1. The zero-order valence-electron chi connectivity index (χ0n) is 10.9. The van der Waals surface area contributed by atoms with E-state index in [1.807, 2.05) is 0 Å². The van der Waals surface area contributed by atoms with Crippen molar-refractivity contribution in [1.29, 1.82) is 0 Å². The molecule has 0 radical (unpaired) electrons. The highest BCUT2D eigenvalue weighted by atomic mass is 32.2. The zero-order valence-corrected chi connectivity index (χ0v) is 12.6. The van der Waals surface area contributed by atoms with Gasteiger partial charge in [0.1, 0.15) is 0 Å². The van der Waals surface area contributed by atoms with Crippen molar-refractivity contribution in [2.45, 2.75) is 24.5 Å². The molecule has 1 heterocycles. The van der Waals surface area contributed by atoms with Crippen LogP contribution in [0.3, 0.4) is 0 Å². The van der Waals surface area contributed by atoms with Gasteiger partial charge in [-0.3, -0.25) is 10.1 Å². The Morgan fingerprint density at radius 3 is 2.84 bits per heavy atom. The molecular formula is C11H18N4O2S2. The second kappa shape index (κ2) is 8.00. The van der Waals surface area contributed by atoms with Crippen LogP contribution in [0.5, 0.6) is 0 Å². The lowest BCUT2D eigenvalue weighted by molar-refractivity contribution is -0.117. The smallest absolute Gasteiger partial charge is 0.321 e. The second-order valence-corrected chi connectivity index (χ2v) is 6.63. The molecule has 0 bridgehead atoms. The van der Waals surface area contributed by atoms with E-state index in [9.17, 15) is 9.59 Å². The topological polar surface area (TPSA) is 97.1 Å². The van der Waals surface area contributed by atoms with Crippen molar-refractivity contribution < 1.29 is 9.59 Å². The van der Waals surface area contributed by atoms with E-state index < -0.39 is 6.03 Å². The number of nitrogens with one attached hydrogen (secondary N) is 2. The number of nitrogens with zero attached hydrogens (tertiary/aromatic N) is 1. The number of nitrogen functional groups attached to an aromatic ring is 1. The Hall–Kier alpha value is -1.28. The summed E-state index contributed by atoms with van der Waals surface area (Å²) in [5.41, 5.74) is 5.47. The van der Waals surface area contributed by atoms with E-state index in [0.29, 0.717) is 17.6 Å². The van der Waals surface area contributed by atoms with Gasteiger partial charge >= 0.3 is 6.03 Å². The molecule has 0 saturated carbocycles. The van der Waals surface area contributed by atoms with Gasteiger partial charge in [0, 0.05) is 6.54 Å². The zero-order chi connectivity index (χ0) is 14.3. The number of carbonyl (C=O) groups excluding carboxylic acids is 2. The van der Waals surface area contributed by atoms with E-state index in [-0.39, 0.29) is 11.7 Å². The van der Waals surface area contributed by atoms with Crippen LogP contribution in [0.15, 0.2) is 10.4 Å². The molecule has 8 heteroatoms. The maximum absolute atomic E-state index is 11.5. The molecule has 3 amide bonds. The second-order valence-electron chi connectivity index (χ2n) is 4.29. The molecule has 0 unspecified atom stereocenters. The van der Waals surface area contributed by atoms with E-state index in [0.717, 1.165) is 10.6 Å². The average Bonchev–Trinajstić information content (AvgIpc) is 2.72. The highest BCUT2D eigenvalue weighted by molar-refractivity contribution is 8.01. The van der Waals surface area contributed by atoms with Crippen LogP contribution in [-0.2, 0) is 4.79 Å². The molecule has 4 N–H and O–H groups in total. The summed E-state index contributed by atoms with van der Waals surface area (Å²) in [6.07, 6.45) is 2.50. The summed E-state index contributed by atoms with van der Waals surface area (Å²) in [6.45, 7) is 4.71. The highest BCUT2D eigenvalue weighted by Crippen LogP contribution is 2.25. The van der Waals surface area contributed by atoms with Crippen molar-refractivity contribution in [2.24, 2.45) is 5.92 Å². The fourth-order valence-corrected chi connectivity index (χ4v) is 2.72. The van der Waals surface area contributed by atoms with Gasteiger partial charge in [0.05, 0.1) is 16.2 Å². The van der Waals surface area contributed by atoms with E-state index in [2.05, 4.69) is 29.5 Å². The Bertz CT molecular complexity index is 434. The van der Waals surface area contributed by atoms with Gasteiger partial charge in [-0.05, 0) is 12.3 Å². The lowest BCUT2D eigenvalue weighted by atomic mass is 10.1. The molecule has 1 aromatic heterocycles. The summed E-state index contributed by atoms with van der Waals surface area (Å²) in [4.78, 5) is 26.7. The van der Waals surface area contributed by atoms with Crippen molar-refractivity contribution >= 4 is 40.2 Å². The number of urea groups is 1. The Kier molecular flexibility index (Phi) is 6.65. The van der Waals surface area contributed by atoms with Crippen LogP contribution < -0.4 is 16.4 Å². The Morgan fingerprint density at radius 2 is 2.26 bits per heavy atom. The van der Waals surface area contributed by atoms with E-state index in [1.165, 1.54) is 23.1 Å². The minimum Gasteiger partial charge on any atom is -0.375 e. The molecule has 0 saturated heterocycles. The van der Waals surface area contributed by atoms with Crippen LogP contribution in [0.4, 0.5) is 9.93 Å². The van der Waals surface area contributed by atoms with Crippen molar-refractivity contribution in [2.75, 3.05) is 18.0 Å². The Balaban J connectivity index is 2.18. The predicted octanol–water partition coefficient (Wildman–Crippen LogP) is 1.69. The van der Waals surface area contributed by atoms with Crippen molar-refractivity contribution in [1.82, 2.24) is 15.6 Å². The number of carbonyl (C=O) groups is 2. The highest BCUT2D eigenvalue weighted by Gasteiger charge is 2.09. The summed E-state index contributed by atoms with van der Waals surface area (Å²) < 4.78 is 0.855. The largest absolute Gasteiger partial charge is 0.375 e. The van der Waals surface area contributed by atoms with Gasteiger partial charge in [-0.2, -0.15) is 0 Å². The van der Waals surface area contributed by atoms with Crippen LogP contribution in [-0.4, -0.2) is 29.2 Å². The van der Waals surface area contributed by atoms with Crippen molar-refractivity contribution in [3.63, 3.8) is 0 Å². The maximum atomic E-state index is 11.5. The van der Waals surface area contributed by atoms with E-state index >= 15 is 0 Å². The fraction of sp³-hybridized carbons (Fsp3) is 0.545. The van der Waals surface area contributed by atoms with Crippen LogP contribution in [0.2, 0.25) is 0 Å². The number of thiazole rings is 1. The number of thioether (sulfide) groups is 1. The molecule has 0 atom stereocenters. The standard InChI is InChI=1S/C11H18N4O2S2/c1-7(2)3-4-13-11(17)15-8(16)6-18-9-5-14-10(12)19-9/h5,7H,3-4,6H2,1-2H3,(H2,12,14)(H2,13,15,16,17). The maximum Gasteiger partial charge on any atom is 0.321 e. The molecule has 1 rings (SSSR count). The number of hydrogen-bond acceptors (Lipinski definition) is 6. The molecule has 0 aliphatic rings. The minimum absolute atomic E-state index is 0.166. The molecule has 0 aromatic carbocycles. The summed E-state index contributed by atoms with van der Waals surface area (Å²) in [5.74, 6) is 0.349. The molecule has 1 aromatic rings. The molecule has 0 aliphatic carbocycles. The number of aromatic nitrogens is 1. The Labute approximate surface area is 120 Å². The minimum atomic E-state index is -0.449. The van der Waals surface area contributed by atoms with Crippen LogP contribution >= 0.6 is 23.1 Å². The third-order valence-corrected chi connectivity index (χ3v) is 4.13. The molecule has 0 aliphatic heterocycles. The molecule has 0 spiro atoms. The van der Waals surface area contributed by atoms with Crippen LogP contribution in [0.1, 0.15) is 20.3 Å². The van der Waals surface area contributed by atoms with Gasteiger partial charge in [0.2, 0.25) is 5.91 Å². The summed E-state index contributed by atoms with van der Waals surface area (Å²) in [6, 6.07) is -0.449. The first-order valence-electron chi connectivity index (χ1n) is 5.89. The number of rotatable bonds is 6. The van der Waals surface area contributed by atoms with Gasteiger partial charge in [-0.1, -0.05) is 25.2 Å². The van der Waals surface area contributed by atoms with Gasteiger partial charge < -0.3 is 11.1 Å². The first kappa shape index (κ1) is 15.8. The summed E-state index contributed by atoms with van der Waals surface area (Å²) in [7, 11) is 0. The lowest BCUT2D eigenvalue weighted by Gasteiger charge is -2.07. The normalized spacial score (nSPS) is 10.5. The monoisotopic (exact) mass is 302 g/mol. The fourth-order valence-electron chi connectivity index (χ4n) is 1.16. The third kappa shape index (κ3) is 7.02. The van der Waals surface area contributed by atoms with E-state index in [1.54, 1.807) is 6.20 Å². The number of nitrogens with two attached hydrogens (primary N) is 1. The van der Waals surface area contributed by atoms with Crippen LogP contribution in [0.25, 0.3) is 0 Å². The quantitative estimate of drug-likeness (QED) is 0.695. The third-order valence-electron chi connectivity index (χ3n) is 2.11. The lowest BCUT2D eigenvalue weighted by Crippen LogP contribution is -2.40. The number of hydrogen-bond donors (Lipinski definition) is 3. The van der Waals surface area contributed by atoms with Crippen molar-refractivity contribution in [3.05, 3.63) is 6.20 Å².